The molecule has 2 N–H and O–H groups in total. The Morgan fingerprint density at radius 1 is 1.08 bits per heavy atom. The molecule has 6 nitrogen and oxygen atoms in total. The van der Waals surface area contributed by atoms with Crippen LogP contribution in [0, 0.1) is 13.8 Å². The average molecular weight is 343 g/mol. The van der Waals surface area contributed by atoms with E-state index in [1.54, 1.807) is 36.4 Å². The first-order valence-electron chi connectivity index (χ1n) is 7.77. The van der Waals surface area contributed by atoms with Crippen molar-refractivity contribution in [2.75, 3.05) is 13.7 Å². The third-order valence-electron chi connectivity index (χ3n) is 3.83. The van der Waals surface area contributed by atoms with Crippen LogP contribution in [-0.2, 0) is 9.59 Å². The van der Waals surface area contributed by atoms with E-state index >= 15 is 0 Å². The lowest BCUT2D eigenvalue weighted by atomic mass is 10.0. The number of benzene rings is 2. The summed E-state index contributed by atoms with van der Waals surface area (Å²) in [5, 5.41) is 11.9. The zero-order chi connectivity index (χ0) is 18.4. The molecule has 0 aliphatic heterocycles. The molecule has 2 rings (SSSR count). The number of methoxy groups -OCH3 is 1. The van der Waals surface area contributed by atoms with Gasteiger partial charge in [0.25, 0.3) is 5.91 Å². The summed E-state index contributed by atoms with van der Waals surface area (Å²) in [4.78, 5) is 23.6. The molecule has 6 heteroatoms. The highest BCUT2D eigenvalue weighted by Crippen LogP contribution is 2.20. The predicted molar refractivity (Wildman–Crippen MR) is 92.9 cm³/mol. The van der Waals surface area contributed by atoms with Crippen molar-refractivity contribution >= 4 is 11.9 Å². The minimum absolute atomic E-state index is 0.290. The van der Waals surface area contributed by atoms with E-state index in [4.69, 9.17) is 9.47 Å². The minimum Gasteiger partial charge on any atom is -0.497 e. The maximum Gasteiger partial charge on any atom is 0.330 e. The fourth-order valence-electron chi connectivity index (χ4n) is 2.27. The summed E-state index contributed by atoms with van der Waals surface area (Å²) >= 11 is 0. The van der Waals surface area contributed by atoms with Crippen LogP contribution in [-0.4, -0.2) is 30.7 Å². The topological polar surface area (TPSA) is 84.9 Å². The molecule has 25 heavy (non-hydrogen) atoms. The van der Waals surface area contributed by atoms with Crippen molar-refractivity contribution in [3.05, 3.63) is 59.2 Å². The van der Waals surface area contributed by atoms with E-state index in [0.717, 1.165) is 11.1 Å². The fraction of sp³-hybridized carbons (Fsp3) is 0.263. The van der Waals surface area contributed by atoms with E-state index < -0.39 is 17.9 Å². The maximum atomic E-state index is 12.1. The molecule has 1 atom stereocenters. The molecule has 0 spiro atoms. The summed E-state index contributed by atoms with van der Waals surface area (Å²) in [5.74, 6) is -0.574. The number of hydrogen-bond donors (Lipinski definition) is 2. The molecular weight excluding hydrogens is 322 g/mol. The molecule has 1 unspecified atom stereocenters. The first-order chi connectivity index (χ1) is 11.9. The lowest BCUT2D eigenvalue weighted by Crippen LogP contribution is -2.36. The largest absolute Gasteiger partial charge is 0.497 e. The lowest BCUT2D eigenvalue weighted by molar-refractivity contribution is -0.142. The summed E-state index contributed by atoms with van der Waals surface area (Å²) < 4.78 is 10.5. The van der Waals surface area contributed by atoms with Crippen LogP contribution in [0.15, 0.2) is 42.5 Å². The minimum atomic E-state index is -1.13. The van der Waals surface area contributed by atoms with Crippen LogP contribution < -0.4 is 14.8 Å². The zero-order valence-electron chi connectivity index (χ0n) is 14.4. The van der Waals surface area contributed by atoms with Crippen molar-refractivity contribution in [1.29, 1.82) is 0 Å². The van der Waals surface area contributed by atoms with Gasteiger partial charge in [0.1, 0.15) is 11.5 Å². The second kappa shape index (κ2) is 8.19. The third kappa shape index (κ3) is 4.97. The number of carboxylic acid groups (broad SMARTS) is 1. The van der Waals surface area contributed by atoms with Crippen LogP contribution in [0.4, 0.5) is 0 Å². The average Bonchev–Trinajstić information content (AvgIpc) is 2.60. The lowest BCUT2D eigenvalue weighted by Gasteiger charge is -2.16. The smallest absolute Gasteiger partial charge is 0.330 e. The molecule has 0 fully saturated rings. The highest BCUT2D eigenvalue weighted by Gasteiger charge is 2.22. The van der Waals surface area contributed by atoms with Crippen molar-refractivity contribution in [3.8, 4) is 11.5 Å². The van der Waals surface area contributed by atoms with Gasteiger partial charge in [-0.15, -0.1) is 0 Å². The number of rotatable bonds is 7. The molecule has 132 valence electrons. The maximum absolute atomic E-state index is 12.1. The summed E-state index contributed by atoms with van der Waals surface area (Å²) in [6.45, 7) is 3.54. The quantitative estimate of drug-likeness (QED) is 0.807. The first-order valence-corrected chi connectivity index (χ1v) is 7.77. The van der Waals surface area contributed by atoms with Gasteiger partial charge in [0.15, 0.2) is 12.6 Å². The van der Waals surface area contributed by atoms with Gasteiger partial charge in [-0.1, -0.05) is 24.3 Å². The van der Waals surface area contributed by atoms with Crippen LogP contribution in [0.25, 0.3) is 0 Å². The van der Waals surface area contributed by atoms with Gasteiger partial charge in [-0.2, -0.15) is 0 Å². The Hall–Kier alpha value is -3.02. The van der Waals surface area contributed by atoms with Crippen molar-refractivity contribution in [2.45, 2.75) is 19.9 Å². The van der Waals surface area contributed by atoms with Crippen LogP contribution in [0.2, 0.25) is 0 Å². The van der Waals surface area contributed by atoms with Gasteiger partial charge in [0, 0.05) is 6.07 Å². The summed E-state index contributed by atoms with van der Waals surface area (Å²) in [7, 11) is 1.53. The predicted octanol–water partition coefficient (Wildman–Crippen LogP) is 2.63. The Balaban J connectivity index is 2.02. The molecule has 0 heterocycles. The number of carbonyl (C=O) groups excluding carboxylic acids is 1. The SMILES string of the molecule is COc1cccc(OCC(=O)NC(C(=O)O)c2ccc(C)c(C)c2)c1. The highest BCUT2D eigenvalue weighted by molar-refractivity contribution is 5.85. The third-order valence-corrected chi connectivity index (χ3v) is 3.83. The molecule has 0 radical (unpaired) electrons. The van der Waals surface area contributed by atoms with Crippen LogP contribution >= 0.6 is 0 Å². The van der Waals surface area contributed by atoms with Crippen LogP contribution in [0.3, 0.4) is 0 Å². The number of ether oxygens (including phenoxy) is 2. The van der Waals surface area contributed by atoms with E-state index in [0.29, 0.717) is 17.1 Å². The molecule has 0 saturated heterocycles. The Labute approximate surface area is 146 Å². The Morgan fingerprint density at radius 2 is 1.80 bits per heavy atom. The van der Waals surface area contributed by atoms with Gasteiger partial charge >= 0.3 is 5.97 Å². The Bertz CT molecular complexity index is 772. The number of carboxylic acids is 1. The van der Waals surface area contributed by atoms with Crippen molar-refractivity contribution in [1.82, 2.24) is 5.32 Å². The van der Waals surface area contributed by atoms with E-state index in [2.05, 4.69) is 5.32 Å². The molecule has 0 aromatic heterocycles. The number of hydrogen-bond acceptors (Lipinski definition) is 4. The number of nitrogens with one attached hydrogen (secondary N) is 1. The normalized spacial score (nSPS) is 11.5. The van der Waals surface area contributed by atoms with Gasteiger partial charge < -0.3 is 19.9 Å². The fourth-order valence-corrected chi connectivity index (χ4v) is 2.27. The van der Waals surface area contributed by atoms with Gasteiger partial charge in [0.2, 0.25) is 0 Å². The summed E-state index contributed by atoms with van der Waals surface area (Å²) in [6.07, 6.45) is 0. The van der Waals surface area contributed by atoms with Gasteiger partial charge in [-0.05, 0) is 42.7 Å². The van der Waals surface area contributed by atoms with E-state index in [9.17, 15) is 14.7 Å². The monoisotopic (exact) mass is 343 g/mol. The highest BCUT2D eigenvalue weighted by atomic mass is 16.5. The van der Waals surface area contributed by atoms with Crippen molar-refractivity contribution in [2.24, 2.45) is 0 Å². The van der Waals surface area contributed by atoms with Crippen LogP contribution in [0.5, 0.6) is 11.5 Å². The molecule has 2 aromatic carbocycles. The number of amides is 1. The van der Waals surface area contributed by atoms with Gasteiger partial charge in [-0.25, -0.2) is 4.79 Å². The van der Waals surface area contributed by atoms with Crippen molar-refractivity contribution < 1.29 is 24.2 Å². The Morgan fingerprint density at radius 3 is 2.44 bits per heavy atom. The second-order valence-electron chi connectivity index (χ2n) is 5.65. The molecule has 0 bridgehead atoms. The Kier molecular flexibility index (Phi) is 6.00. The number of carbonyl (C=O) groups is 2. The molecule has 1 amide bonds. The standard InChI is InChI=1S/C19H21NO5/c1-12-7-8-14(9-13(12)2)18(19(22)23)20-17(21)11-25-16-6-4-5-15(10-16)24-3/h4-10,18H,11H2,1-3H3,(H,20,21)(H,22,23). The molecule has 0 aliphatic rings. The molecular formula is C19H21NO5. The van der Waals surface area contributed by atoms with E-state index in [1.165, 1.54) is 7.11 Å². The van der Waals surface area contributed by atoms with Crippen LogP contribution in [0.1, 0.15) is 22.7 Å². The van der Waals surface area contributed by atoms with Gasteiger partial charge in [0.05, 0.1) is 7.11 Å². The second-order valence-corrected chi connectivity index (χ2v) is 5.65. The summed E-state index contributed by atoms with van der Waals surface area (Å²) in [5.41, 5.74) is 2.54. The van der Waals surface area contributed by atoms with Gasteiger partial charge in [-0.3, -0.25) is 4.79 Å². The molecule has 0 saturated carbocycles. The molecule has 0 aliphatic carbocycles. The summed E-state index contributed by atoms with van der Waals surface area (Å²) in [6, 6.07) is 11.0. The van der Waals surface area contributed by atoms with Crippen molar-refractivity contribution in [3.63, 3.8) is 0 Å². The number of aryl methyl sites for hydroxylation is 2. The van der Waals surface area contributed by atoms with E-state index in [-0.39, 0.29) is 6.61 Å². The number of aliphatic carboxylic acids is 1. The molecule has 2 aromatic rings. The zero-order valence-corrected chi connectivity index (χ0v) is 14.4. The van der Waals surface area contributed by atoms with E-state index in [1.807, 2.05) is 19.9 Å². The first kappa shape index (κ1) is 18.3.